The molecular formula is C15H24N6O. The van der Waals surface area contributed by atoms with E-state index in [2.05, 4.69) is 22.0 Å². The van der Waals surface area contributed by atoms with Crippen LogP contribution in [0.1, 0.15) is 23.7 Å². The fourth-order valence-corrected chi connectivity index (χ4v) is 2.83. The summed E-state index contributed by atoms with van der Waals surface area (Å²) in [6.45, 7) is 6.71. The molecule has 0 radical (unpaired) electrons. The fourth-order valence-electron chi connectivity index (χ4n) is 2.83. The second-order valence-electron chi connectivity index (χ2n) is 5.62. The molecule has 0 spiro atoms. The highest BCUT2D eigenvalue weighted by atomic mass is 16.2. The highest BCUT2D eigenvalue weighted by Crippen LogP contribution is 2.38. The van der Waals surface area contributed by atoms with Gasteiger partial charge in [0.15, 0.2) is 5.96 Å². The molecule has 1 amide bonds. The quantitative estimate of drug-likeness (QED) is 0.466. The third-order valence-corrected chi connectivity index (χ3v) is 4.21. The topological polar surface area (TPSA) is 88.5 Å². The first kappa shape index (κ1) is 16.1. The SMILES string of the molecule is C=CCNC(N)=NC[C@@H]1CC(=O)N(C)[C@H]1c1cnn(C)c1C. The Kier molecular flexibility index (Phi) is 4.85. The molecule has 0 unspecified atom stereocenters. The molecule has 1 aliphatic heterocycles. The maximum absolute atomic E-state index is 12.1. The number of aryl methyl sites for hydroxylation is 1. The first-order chi connectivity index (χ1) is 10.5. The Morgan fingerprint density at radius 1 is 1.64 bits per heavy atom. The molecular weight excluding hydrogens is 280 g/mol. The van der Waals surface area contributed by atoms with Crippen molar-refractivity contribution in [1.29, 1.82) is 0 Å². The van der Waals surface area contributed by atoms with Crippen LogP contribution in [0, 0.1) is 12.8 Å². The number of likely N-dealkylation sites (tertiary alicyclic amines) is 1. The van der Waals surface area contributed by atoms with Gasteiger partial charge in [-0.1, -0.05) is 6.08 Å². The lowest BCUT2D eigenvalue weighted by Gasteiger charge is -2.24. The number of hydrogen-bond donors (Lipinski definition) is 2. The van der Waals surface area contributed by atoms with Gasteiger partial charge in [0.2, 0.25) is 5.91 Å². The van der Waals surface area contributed by atoms with Gasteiger partial charge in [-0.3, -0.25) is 14.5 Å². The van der Waals surface area contributed by atoms with E-state index in [0.29, 0.717) is 25.5 Å². The molecule has 0 aromatic carbocycles. The van der Waals surface area contributed by atoms with Gasteiger partial charge in [0, 0.05) is 50.8 Å². The van der Waals surface area contributed by atoms with Crippen LogP contribution in [-0.4, -0.2) is 46.7 Å². The lowest BCUT2D eigenvalue weighted by molar-refractivity contribution is -0.127. The summed E-state index contributed by atoms with van der Waals surface area (Å²) in [6.07, 6.45) is 4.04. The lowest BCUT2D eigenvalue weighted by atomic mass is 9.94. The van der Waals surface area contributed by atoms with Crippen LogP contribution in [0.4, 0.5) is 0 Å². The number of carbonyl (C=O) groups is 1. The number of guanidine groups is 1. The van der Waals surface area contributed by atoms with E-state index in [9.17, 15) is 4.79 Å². The smallest absolute Gasteiger partial charge is 0.223 e. The Morgan fingerprint density at radius 2 is 2.36 bits per heavy atom. The molecule has 1 saturated heterocycles. The summed E-state index contributed by atoms with van der Waals surface area (Å²) >= 11 is 0. The van der Waals surface area contributed by atoms with Gasteiger partial charge in [-0.05, 0) is 6.92 Å². The molecule has 0 saturated carbocycles. The summed E-state index contributed by atoms with van der Waals surface area (Å²) in [5.74, 6) is 0.610. The van der Waals surface area contributed by atoms with Crippen molar-refractivity contribution in [3.05, 3.63) is 30.1 Å². The number of nitrogens with zero attached hydrogens (tertiary/aromatic N) is 4. The predicted molar refractivity (Wildman–Crippen MR) is 86.3 cm³/mol. The molecule has 7 heteroatoms. The van der Waals surface area contributed by atoms with E-state index in [1.807, 2.05) is 31.9 Å². The number of rotatable bonds is 5. The highest BCUT2D eigenvalue weighted by Gasteiger charge is 2.39. The van der Waals surface area contributed by atoms with Crippen LogP contribution in [0.25, 0.3) is 0 Å². The number of carbonyl (C=O) groups excluding carboxylic acids is 1. The molecule has 1 aromatic heterocycles. The average molecular weight is 304 g/mol. The monoisotopic (exact) mass is 304 g/mol. The maximum atomic E-state index is 12.1. The highest BCUT2D eigenvalue weighted by molar-refractivity contribution is 5.80. The average Bonchev–Trinajstić information content (AvgIpc) is 2.96. The van der Waals surface area contributed by atoms with Crippen LogP contribution in [0.5, 0.6) is 0 Å². The van der Waals surface area contributed by atoms with Crippen molar-refractivity contribution in [2.24, 2.45) is 23.7 Å². The Morgan fingerprint density at radius 3 is 2.95 bits per heavy atom. The van der Waals surface area contributed by atoms with Crippen LogP contribution < -0.4 is 11.1 Å². The molecule has 0 aliphatic carbocycles. The van der Waals surface area contributed by atoms with Gasteiger partial charge >= 0.3 is 0 Å². The molecule has 2 heterocycles. The predicted octanol–water partition coefficient (Wildman–Crippen LogP) is 0.338. The van der Waals surface area contributed by atoms with Gasteiger partial charge in [-0.15, -0.1) is 6.58 Å². The van der Waals surface area contributed by atoms with Crippen molar-refractivity contribution in [2.45, 2.75) is 19.4 Å². The number of nitrogens with two attached hydrogens (primary N) is 1. The number of aromatic nitrogens is 2. The van der Waals surface area contributed by atoms with Gasteiger partial charge in [-0.2, -0.15) is 5.10 Å². The van der Waals surface area contributed by atoms with Crippen molar-refractivity contribution in [1.82, 2.24) is 20.0 Å². The van der Waals surface area contributed by atoms with E-state index in [4.69, 9.17) is 5.73 Å². The fraction of sp³-hybridized carbons (Fsp3) is 0.533. The van der Waals surface area contributed by atoms with Crippen molar-refractivity contribution in [2.75, 3.05) is 20.1 Å². The minimum absolute atomic E-state index is 0.00263. The van der Waals surface area contributed by atoms with Crippen LogP contribution in [-0.2, 0) is 11.8 Å². The zero-order valence-electron chi connectivity index (χ0n) is 13.4. The largest absolute Gasteiger partial charge is 0.370 e. The first-order valence-electron chi connectivity index (χ1n) is 7.34. The van der Waals surface area contributed by atoms with Crippen molar-refractivity contribution in [3.8, 4) is 0 Å². The van der Waals surface area contributed by atoms with Crippen LogP contribution >= 0.6 is 0 Å². The van der Waals surface area contributed by atoms with Gasteiger partial charge in [0.1, 0.15) is 0 Å². The molecule has 3 N–H and O–H groups in total. The summed E-state index contributed by atoms with van der Waals surface area (Å²) in [5, 5.41) is 7.23. The first-order valence-corrected chi connectivity index (χ1v) is 7.34. The van der Waals surface area contributed by atoms with Crippen LogP contribution in [0.2, 0.25) is 0 Å². The van der Waals surface area contributed by atoms with Gasteiger partial charge < -0.3 is 16.0 Å². The van der Waals surface area contributed by atoms with Crippen molar-refractivity contribution in [3.63, 3.8) is 0 Å². The lowest BCUT2D eigenvalue weighted by Crippen LogP contribution is -2.32. The number of amides is 1. The third-order valence-electron chi connectivity index (χ3n) is 4.21. The van der Waals surface area contributed by atoms with E-state index in [-0.39, 0.29) is 17.9 Å². The minimum atomic E-state index is -0.00263. The van der Waals surface area contributed by atoms with E-state index < -0.39 is 0 Å². The second-order valence-corrected chi connectivity index (χ2v) is 5.62. The zero-order valence-corrected chi connectivity index (χ0v) is 13.4. The Labute approximate surface area is 130 Å². The molecule has 1 aromatic rings. The zero-order chi connectivity index (χ0) is 16.3. The summed E-state index contributed by atoms with van der Waals surface area (Å²) in [4.78, 5) is 18.2. The van der Waals surface area contributed by atoms with E-state index >= 15 is 0 Å². The molecule has 0 bridgehead atoms. The molecule has 1 fully saturated rings. The van der Waals surface area contributed by atoms with E-state index in [0.717, 1.165) is 11.3 Å². The summed E-state index contributed by atoms with van der Waals surface area (Å²) in [5.41, 5.74) is 7.95. The Bertz CT molecular complexity index is 591. The molecule has 2 rings (SSSR count). The van der Waals surface area contributed by atoms with E-state index in [1.54, 1.807) is 11.0 Å². The summed E-state index contributed by atoms with van der Waals surface area (Å²) in [6, 6.07) is -0.00263. The summed E-state index contributed by atoms with van der Waals surface area (Å²) < 4.78 is 1.83. The molecule has 2 atom stereocenters. The normalized spacial score (nSPS) is 22.2. The number of nitrogens with one attached hydrogen (secondary N) is 1. The number of aliphatic imine (C=N–C) groups is 1. The Balaban J connectivity index is 2.17. The van der Waals surface area contributed by atoms with Crippen LogP contribution in [0.15, 0.2) is 23.8 Å². The van der Waals surface area contributed by atoms with Gasteiger partial charge in [0.05, 0.1) is 12.2 Å². The van der Waals surface area contributed by atoms with E-state index in [1.165, 1.54) is 0 Å². The minimum Gasteiger partial charge on any atom is -0.370 e. The molecule has 1 aliphatic rings. The third kappa shape index (κ3) is 3.13. The maximum Gasteiger partial charge on any atom is 0.223 e. The van der Waals surface area contributed by atoms with Crippen molar-refractivity contribution < 1.29 is 4.79 Å². The van der Waals surface area contributed by atoms with Gasteiger partial charge in [-0.25, -0.2) is 0 Å². The summed E-state index contributed by atoms with van der Waals surface area (Å²) in [7, 11) is 3.74. The van der Waals surface area contributed by atoms with Gasteiger partial charge in [0.25, 0.3) is 0 Å². The standard InChI is InChI=1S/C15H24N6O/c1-5-6-17-15(16)18-8-11-7-13(22)20(3)14(11)12-9-19-21(4)10(12)2/h5,9,11,14H,1,6-8H2,2-4H3,(H3,16,17,18)/t11-,14+/m0/s1. The van der Waals surface area contributed by atoms with Crippen LogP contribution in [0.3, 0.4) is 0 Å². The Hall–Kier alpha value is -2.31. The molecule has 22 heavy (non-hydrogen) atoms. The second kappa shape index (κ2) is 6.64. The molecule has 7 nitrogen and oxygen atoms in total. The van der Waals surface area contributed by atoms with Crippen molar-refractivity contribution >= 4 is 11.9 Å². The number of hydrogen-bond acceptors (Lipinski definition) is 3. The molecule has 120 valence electrons.